The van der Waals surface area contributed by atoms with E-state index < -0.39 is 89.7 Å². The van der Waals surface area contributed by atoms with E-state index in [2.05, 4.69) is 19.2 Å². The summed E-state index contributed by atoms with van der Waals surface area (Å²) in [6.07, 6.45) is 7.14. The Hall–Kier alpha value is -4.67. The number of hydroxylamine groups is 2. The number of nitrogens with one attached hydrogen (secondary N) is 1. The molecule has 4 aliphatic rings. The Morgan fingerprint density at radius 3 is 2.24 bits per heavy atom. The molecule has 8 atom stereocenters. The van der Waals surface area contributed by atoms with Crippen LogP contribution in [0.1, 0.15) is 122 Å². The zero-order valence-electron chi connectivity index (χ0n) is 40.2. The first-order valence-corrected chi connectivity index (χ1v) is 23.9. The van der Waals surface area contributed by atoms with Gasteiger partial charge in [-0.05, 0) is 62.8 Å². The van der Waals surface area contributed by atoms with Gasteiger partial charge in [0, 0.05) is 59.3 Å². The van der Waals surface area contributed by atoms with Gasteiger partial charge in [-0.1, -0.05) is 94.1 Å². The van der Waals surface area contributed by atoms with Crippen molar-refractivity contribution in [2.75, 3.05) is 27.7 Å². The average Bonchev–Trinajstić information content (AvgIpc) is 3.83. The molecule has 3 amide bonds. The number of aliphatic hydroxyl groups is 1. The second-order valence-corrected chi connectivity index (χ2v) is 19.7. The molecule has 2 bridgehead atoms. The summed E-state index contributed by atoms with van der Waals surface area (Å²) >= 11 is 0. The van der Waals surface area contributed by atoms with Gasteiger partial charge in [0.15, 0.2) is 11.8 Å². The first-order valence-electron chi connectivity index (χ1n) is 23.9. The molecule has 66 heavy (non-hydrogen) atoms. The van der Waals surface area contributed by atoms with E-state index in [1.165, 1.54) is 20.9 Å². The van der Waals surface area contributed by atoms with Crippen molar-refractivity contribution < 1.29 is 52.9 Å². The fourth-order valence-corrected chi connectivity index (χ4v) is 9.87. The van der Waals surface area contributed by atoms with Crippen LogP contribution in [0.5, 0.6) is 0 Å². The molecule has 4 fully saturated rings. The smallest absolute Gasteiger partial charge is 0.327 e. The summed E-state index contributed by atoms with van der Waals surface area (Å²) in [6, 6.07) is 13.7. The highest BCUT2D eigenvalue weighted by Crippen LogP contribution is 2.58. The summed E-state index contributed by atoms with van der Waals surface area (Å²) in [5, 5.41) is 14.9. The topological polar surface area (TPSA) is 173 Å². The summed E-state index contributed by atoms with van der Waals surface area (Å²) in [6.45, 7) is 9.23. The van der Waals surface area contributed by atoms with Crippen LogP contribution in [0, 0.1) is 5.41 Å². The number of unbranched alkanes of at least 4 members (excludes halogenated alkanes) is 4. The molecule has 2 aromatic rings. The number of hydrogen-bond donors (Lipinski definition) is 2. The number of benzene rings is 2. The molecular weight excluding hydrogens is 845 g/mol. The van der Waals surface area contributed by atoms with E-state index in [1.807, 2.05) is 54.6 Å². The van der Waals surface area contributed by atoms with Crippen molar-refractivity contribution in [3.63, 3.8) is 0 Å². The minimum Gasteiger partial charge on any atom is -0.460 e. The number of esters is 2. The average molecular weight is 917 g/mol. The van der Waals surface area contributed by atoms with Crippen LogP contribution in [0.4, 0.5) is 0 Å². The maximum absolute atomic E-state index is 15.9. The van der Waals surface area contributed by atoms with E-state index in [0.29, 0.717) is 12.8 Å². The number of aliphatic hydroxyl groups excluding tert-OH is 1. The lowest BCUT2D eigenvalue weighted by molar-refractivity contribution is -0.225. The number of fused-ring (bicyclic) bond motifs is 4. The van der Waals surface area contributed by atoms with E-state index in [-0.39, 0.29) is 38.1 Å². The highest BCUT2D eigenvalue weighted by Gasteiger charge is 2.76. The summed E-state index contributed by atoms with van der Waals surface area (Å²) in [5.41, 5.74) is 0.0361. The minimum atomic E-state index is -1.57. The highest BCUT2D eigenvalue weighted by molar-refractivity contribution is 5.96. The third kappa shape index (κ3) is 11.7. The van der Waals surface area contributed by atoms with Crippen LogP contribution in [-0.2, 0) is 60.7 Å². The maximum atomic E-state index is 15.9. The van der Waals surface area contributed by atoms with Crippen molar-refractivity contribution in [2.45, 2.75) is 172 Å². The van der Waals surface area contributed by atoms with Crippen molar-refractivity contribution in [1.82, 2.24) is 20.2 Å². The molecule has 2 aromatic carbocycles. The predicted octanol–water partition coefficient (Wildman–Crippen LogP) is 5.90. The van der Waals surface area contributed by atoms with E-state index in [1.54, 1.807) is 48.0 Å². The third-order valence-corrected chi connectivity index (χ3v) is 13.2. The minimum absolute atomic E-state index is 0.0412. The van der Waals surface area contributed by atoms with Crippen molar-refractivity contribution in [3.05, 3.63) is 77.4 Å². The molecule has 0 spiro atoms. The highest BCUT2D eigenvalue weighted by atomic mass is 16.8. The fraction of sp³-hybridized carbons (Fsp3) is 0.627. The molecule has 362 valence electrons. The lowest BCUT2D eigenvalue weighted by Crippen LogP contribution is -2.70. The quantitative estimate of drug-likeness (QED) is 0.0816. The number of ether oxygens (including phenoxy) is 4. The first kappa shape index (κ1) is 50.7. The first-order chi connectivity index (χ1) is 31.4. The summed E-state index contributed by atoms with van der Waals surface area (Å²) in [4.78, 5) is 80.0. The molecule has 6 rings (SSSR count). The summed E-state index contributed by atoms with van der Waals surface area (Å²) in [7, 11) is 4.92. The molecule has 1 aliphatic carbocycles. The van der Waals surface area contributed by atoms with Crippen LogP contribution in [0.2, 0.25) is 0 Å². The fourth-order valence-electron chi connectivity index (χ4n) is 9.87. The molecule has 1 saturated carbocycles. The van der Waals surface area contributed by atoms with Crippen molar-refractivity contribution in [2.24, 2.45) is 5.41 Å². The Bertz CT molecular complexity index is 2030. The van der Waals surface area contributed by atoms with E-state index in [9.17, 15) is 24.3 Å². The molecule has 3 aliphatic heterocycles. The molecule has 0 unspecified atom stereocenters. The monoisotopic (exact) mass is 917 g/mol. The number of nitrogens with zero attached hydrogens (tertiary/aromatic N) is 3. The van der Waals surface area contributed by atoms with Gasteiger partial charge < -0.3 is 39.2 Å². The molecule has 15 heteroatoms. The Balaban J connectivity index is 1.37. The normalized spacial score (nSPS) is 25.2. The summed E-state index contributed by atoms with van der Waals surface area (Å²) < 4.78 is 25.8. The van der Waals surface area contributed by atoms with Gasteiger partial charge >= 0.3 is 11.9 Å². The van der Waals surface area contributed by atoms with Crippen LogP contribution < -0.4 is 5.32 Å². The van der Waals surface area contributed by atoms with Gasteiger partial charge in [0.2, 0.25) is 17.7 Å². The van der Waals surface area contributed by atoms with Gasteiger partial charge in [-0.3, -0.25) is 28.8 Å². The van der Waals surface area contributed by atoms with Gasteiger partial charge in [-0.25, -0.2) is 0 Å². The molecule has 0 aromatic heterocycles. The van der Waals surface area contributed by atoms with Crippen LogP contribution >= 0.6 is 0 Å². The number of likely N-dealkylation sites (N-methyl/N-ethyl adjacent to an activating group) is 2. The van der Waals surface area contributed by atoms with Crippen molar-refractivity contribution in [1.29, 1.82) is 0 Å². The molecular formula is C51H72N4O11. The van der Waals surface area contributed by atoms with E-state index in [0.717, 1.165) is 55.2 Å². The maximum Gasteiger partial charge on any atom is 0.327 e. The summed E-state index contributed by atoms with van der Waals surface area (Å²) in [5.74, 6) is -3.25. The number of carbonyl (C=O) groups is 5. The Morgan fingerprint density at radius 1 is 0.939 bits per heavy atom. The third-order valence-electron chi connectivity index (χ3n) is 13.2. The molecule has 3 heterocycles. The van der Waals surface area contributed by atoms with Crippen LogP contribution in [0.15, 0.2) is 60.7 Å². The molecule has 2 N–H and O–H groups in total. The number of amides is 3. The zero-order chi connectivity index (χ0) is 47.8. The van der Waals surface area contributed by atoms with Gasteiger partial charge in [0.1, 0.15) is 41.5 Å². The van der Waals surface area contributed by atoms with Gasteiger partial charge in [0.05, 0.1) is 19.2 Å². The zero-order valence-corrected chi connectivity index (χ0v) is 40.2. The lowest BCUT2D eigenvalue weighted by Gasteiger charge is -2.50. The van der Waals surface area contributed by atoms with Crippen LogP contribution in [0.3, 0.4) is 0 Å². The predicted molar refractivity (Wildman–Crippen MR) is 247 cm³/mol. The van der Waals surface area contributed by atoms with Crippen molar-refractivity contribution in [3.8, 4) is 0 Å². The van der Waals surface area contributed by atoms with E-state index in [4.69, 9.17) is 23.8 Å². The van der Waals surface area contributed by atoms with Gasteiger partial charge in [-0.15, -0.1) is 0 Å². The number of carbonyl (C=O) groups excluding carboxylic acids is 5. The number of hydrogen-bond acceptors (Lipinski definition) is 12. The van der Waals surface area contributed by atoms with Gasteiger partial charge in [0.25, 0.3) is 0 Å². The Kier molecular flexibility index (Phi) is 16.9. The second-order valence-electron chi connectivity index (χ2n) is 19.7. The largest absolute Gasteiger partial charge is 0.460 e. The van der Waals surface area contributed by atoms with E-state index >= 15 is 4.79 Å². The van der Waals surface area contributed by atoms with Crippen molar-refractivity contribution >= 4 is 35.7 Å². The molecule has 3 saturated heterocycles. The molecule has 0 radical (unpaired) electrons. The number of rotatable bonds is 22. The van der Waals surface area contributed by atoms with Gasteiger partial charge in [-0.2, -0.15) is 5.06 Å². The SMILES string of the molecule is CCCCCC1(CCCCC)O[C@@H]2[C@H](O1)[C@H]1ON(Cc3cccc(C=CC(=O)N(C)C)c3)[C@@H]3C(=O)O[C@@H]2C[C@]13C(=O)N(C)[C@H](Cc1ccccc1)C(=O)N[C@H](CO)CCC(=O)OC(C)(C)C. The Morgan fingerprint density at radius 2 is 1.61 bits per heavy atom. The second kappa shape index (κ2) is 22.0. The van der Waals surface area contributed by atoms with Crippen LogP contribution in [0.25, 0.3) is 6.08 Å². The molecule has 15 nitrogen and oxygen atoms in total. The van der Waals surface area contributed by atoms with Crippen LogP contribution in [-0.4, -0.2) is 131 Å². The Labute approximate surface area is 390 Å². The standard InChI is InChI=1S/C51H72N4O11/c1-9-11-16-27-50(28-17-12-10-2)64-42-39-31-51(44(47(60)62-39)55(66-45(51)43(42)65-50)32-36-22-18-21-35(29-36)23-25-40(57)53(6)7)48(61)54(8)38(30-34-19-14-13-15-20-34)46(59)52-37(33-56)24-26-41(58)63-49(3,4)5/h13-15,18-23,25,29,37-39,42-45,56H,9-12,16-17,24,26-28,30-33H2,1-8H3,(H,52,59)/t37-,38+,39+,42-,43-,44+,45+,51+/m0/s1. The lowest BCUT2D eigenvalue weighted by atomic mass is 9.62.